The van der Waals surface area contributed by atoms with Gasteiger partial charge in [0.15, 0.2) is 6.61 Å². The molecule has 0 saturated heterocycles. The van der Waals surface area contributed by atoms with Crippen molar-refractivity contribution in [2.45, 2.75) is 16.6 Å². The fourth-order valence-electron chi connectivity index (χ4n) is 2.45. The number of rotatable bonds is 6. The highest BCUT2D eigenvalue weighted by Gasteiger charge is 2.29. The highest BCUT2D eigenvalue weighted by Crippen LogP contribution is 2.36. The molecule has 0 bridgehead atoms. The number of fused-ring (bicyclic) bond motifs is 1. The van der Waals surface area contributed by atoms with Gasteiger partial charge >= 0.3 is 5.97 Å². The summed E-state index contributed by atoms with van der Waals surface area (Å²) in [7, 11) is 1.55. The van der Waals surface area contributed by atoms with Crippen molar-refractivity contribution in [3.63, 3.8) is 0 Å². The van der Waals surface area contributed by atoms with E-state index in [0.717, 1.165) is 10.6 Å². The number of hydrogen-bond acceptors (Lipinski definition) is 6. The minimum Gasteiger partial charge on any atom is -0.497 e. The fourth-order valence-corrected chi connectivity index (χ4v) is 3.55. The molecule has 0 spiro atoms. The van der Waals surface area contributed by atoms with Crippen LogP contribution in [0.4, 0.5) is 11.4 Å². The van der Waals surface area contributed by atoms with E-state index >= 15 is 0 Å². The van der Waals surface area contributed by atoms with Crippen LogP contribution >= 0.6 is 11.8 Å². The van der Waals surface area contributed by atoms with Crippen LogP contribution in [0.25, 0.3) is 0 Å². The predicted molar refractivity (Wildman–Crippen MR) is 102 cm³/mol. The summed E-state index contributed by atoms with van der Waals surface area (Å²) in [5.74, 6) is -0.644. The first-order valence-electron chi connectivity index (χ1n) is 8.21. The van der Waals surface area contributed by atoms with Gasteiger partial charge in [0.2, 0.25) is 5.91 Å². The lowest BCUT2D eigenvalue weighted by atomic mass is 10.2. The molecule has 0 saturated carbocycles. The van der Waals surface area contributed by atoms with Gasteiger partial charge in [0.25, 0.3) is 5.91 Å². The molecule has 1 aliphatic heterocycles. The predicted octanol–water partition coefficient (Wildman–Crippen LogP) is 2.68. The van der Waals surface area contributed by atoms with Gasteiger partial charge in [0, 0.05) is 10.6 Å². The minimum absolute atomic E-state index is 0.110. The zero-order chi connectivity index (χ0) is 19.2. The first kappa shape index (κ1) is 18.8. The fraction of sp³-hybridized carbons (Fsp3) is 0.211. The van der Waals surface area contributed by atoms with Crippen molar-refractivity contribution in [2.24, 2.45) is 0 Å². The Labute approximate surface area is 160 Å². The van der Waals surface area contributed by atoms with Gasteiger partial charge in [-0.1, -0.05) is 12.1 Å². The lowest BCUT2D eigenvalue weighted by Crippen LogP contribution is -2.32. The maximum absolute atomic E-state index is 12.1. The molecule has 1 atom stereocenters. The molecule has 0 aromatic heterocycles. The van der Waals surface area contributed by atoms with Crippen LogP contribution in [0.3, 0.4) is 0 Å². The number of para-hydroxylation sites is 1. The average Bonchev–Trinajstić information content (AvgIpc) is 2.67. The Bertz CT molecular complexity index is 853. The van der Waals surface area contributed by atoms with Crippen LogP contribution in [0, 0.1) is 0 Å². The van der Waals surface area contributed by atoms with Crippen LogP contribution in [-0.4, -0.2) is 36.8 Å². The molecule has 3 rings (SSSR count). The number of hydrogen-bond donors (Lipinski definition) is 2. The van der Waals surface area contributed by atoms with E-state index < -0.39 is 23.7 Å². The lowest BCUT2D eigenvalue weighted by Gasteiger charge is -2.23. The molecule has 1 aliphatic rings. The van der Waals surface area contributed by atoms with Crippen molar-refractivity contribution in [3.8, 4) is 5.75 Å². The Balaban J connectivity index is 1.46. The molecule has 2 N–H and O–H groups in total. The maximum Gasteiger partial charge on any atom is 0.307 e. The highest BCUT2D eigenvalue weighted by molar-refractivity contribution is 8.01. The quantitative estimate of drug-likeness (QED) is 0.742. The molecule has 0 radical (unpaired) electrons. The second-order valence-electron chi connectivity index (χ2n) is 5.73. The van der Waals surface area contributed by atoms with Crippen molar-refractivity contribution in [1.82, 2.24) is 0 Å². The van der Waals surface area contributed by atoms with Crippen molar-refractivity contribution in [1.29, 1.82) is 0 Å². The summed E-state index contributed by atoms with van der Waals surface area (Å²) in [6.07, 6.45) is -0.110. The van der Waals surface area contributed by atoms with Crippen LogP contribution in [0.15, 0.2) is 53.4 Å². The molecular formula is C19H18N2O5S. The summed E-state index contributed by atoms with van der Waals surface area (Å²) in [6, 6.07) is 14.1. The van der Waals surface area contributed by atoms with Crippen LogP contribution in [0.2, 0.25) is 0 Å². The molecule has 0 aliphatic carbocycles. The summed E-state index contributed by atoms with van der Waals surface area (Å²) >= 11 is 1.31. The number of amides is 2. The summed E-state index contributed by atoms with van der Waals surface area (Å²) in [4.78, 5) is 36.9. The number of carbonyl (C=O) groups excluding carboxylic acids is 3. The molecule has 27 heavy (non-hydrogen) atoms. The van der Waals surface area contributed by atoms with Crippen LogP contribution in [0.1, 0.15) is 6.42 Å². The SMILES string of the molecule is COc1ccc(NC(=O)COC(=O)C[C@H]2Sc3ccccc3NC2=O)cc1. The van der Waals surface area contributed by atoms with E-state index in [1.54, 1.807) is 37.4 Å². The Morgan fingerprint density at radius 1 is 1.15 bits per heavy atom. The summed E-state index contributed by atoms with van der Waals surface area (Å²) in [5.41, 5.74) is 1.30. The third-order valence-electron chi connectivity index (χ3n) is 3.80. The van der Waals surface area contributed by atoms with E-state index in [9.17, 15) is 14.4 Å². The number of thioether (sulfide) groups is 1. The second kappa shape index (κ2) is 8.59. The van der Waals surface area contributed by atoms with Crippen molar-refractivity contribution in [2.75, 3.05) is 24.4 Å². The molecule has 8 heteroatoms. The Morgan fingerprint density at radius 3 is 2.63 bits per heavy atom. The van der Waals surface area contributed by atoms with Gasteiger partial charge in [-0.2, -0.15) is 0 Å². The molecular weight excluding hydrogens is 368 g/mol. The number of anilines is 2. The first-order chi connectivity index (χ1) is 13.0. The van der Waals surface area contributed by atoms with Gasteiger partial charge in [-0.05, 0) is 36.4 Å². The molecule has 2 aromatic carbocycles. The number of carbonyl (C=O) groups is 3. The van der Waals surface area contributed by atoms with Gasteiger partial charge in [0.05, 0.1) is 24.5 Å². The topological polar surface area (TPSA) is 93.7 Å². The Morgan fingerprint density at radius 2 is 1.89 bits per heavy atom. The third-order valence-corrected chi connectivity index (χ3v) is 5.07. The number of ether oxygens (including phenoxy) is 2. The van der Waals surface area contributed by atoms with E-state index in [2.05, 4.69) is 10.6 Å². The van der Waals surface area contributed by atoms with E-state index in [1.807, 2.05) is 18.2 Å². The van der Waals surface area contributed by atoms with Crippen molar-refractivity contribution >= 4 is 40.9 Å². The van der Waals surface area contributed by atoms with E-state index in [4.69, 9.17) is 9.47 Å². The molecule has 1 heterocycles. The Kier molecular flexibility index (Phi) is 5.97. The number of benzene rings is 2. The van der Waals surface area contributed by atoms with Gasteiger partial charge in [-0.3, -0.25) is 14.4 Å². The van der Waals surface area contributed by atoms with Crippen LogP contribution < -0.4 is 15.4 Å². The molecule has 2 amide bonds. The minimum atomic E-state index is -0.605. The van der Waals surface area contributed by atoms with Crippen molar-refractivity contribution in [3.05, 3.63) is 48.5 Å². The summed E-state index contributed by atoms with van der Waals surface area (Å²) < 4.78 is 10.0. The normalized spacial score (nSPS) is 15.3. The van der Waals surface area contributed by atoms with Gasteiger partial charge < -0.3 is 20.1 Å². The van der Waals surface area contributed by atoms with E-state index in [1.165, 1.54) is 11.8 Å². The molecule has 0 unspecified atom stereocenters. The number of esters is 1. The zero-order valence-electron chi connectivity index (χ0n) is 14.6. The maximum atomic E-state index is 12.1. The zero-order valence-corrected chi connectivity index (χ0v) is 15.4. The first-order valence-corrected chi connectivity index (χ1v) is 9.09. The highest BCUT2D eigenvalue weighted by atomic mass is 32.2. The largest absolute Gasteiger partial charge is 0.497 e. The van der Waals surface area contributed by atoms with Gasteiger partial charge in [-0.15, -0.1) is 11.8 Å². The third kappa shape index (κ3) is 5.01. The summed E-state index contributed by atoms with van der Waals surface area (Å²) in [6.45, 7) is -0.416. The standard InChI is InChI=1S/C19H18N2O5S/c1-25-13-8-6-12(7-9-13)20-17(22)11-26-18(23)10-16-19(24)21-14-4-2-3-5-15(14)27-16/h2-9,16H,10-11H2,1H3,(H,20,22)(H,21,24)/t16-/m1/s1. The second-order valence-corrected chi connectivity index (χ2v) is 6.98. The average molecular weight is 386 g/mol. The number of nitrogens with one attached hydrogen (secondary N) is 2. The van der Waals surface area contributed by atoms with Gasteiger partial charge in [0.1, 0.15) is 5.75 Å². The molecule has 0 fully saturated rings. The van der Waals surface area contributed by atoms with Crippen molar-refractivity contribution < 1.29 is 23.9 Å². The number of methoxy groups -OCH3 is 1. The van der Waals surface area contributed by atoms with Crippen LogP contribution in [-0.2, 0) is 19.1 Å². The van der Waals surface area contributed by atoms with E-state index in [-0.39, 0.29) is 12.3 Å². The molecule has 7 nitrogen and oxygen atoms in total. The molecule has 2 aromatic rings. The molecule has 140 valence electrons. The van der Waals surface area contributed by atoms with Gasteiger partial charge in [-0.25, -0.2) is 0 Å². The monoisotopic (exact) mass is 386 g/mol. The van der Waals surface area contributed by atoms with Crippen LogP contribution in [0.5, 0.6) is 5.75 Å². The van der Waals surface area contributed by atoms with E-state index in [0.29, 0.717) is 11.4 Å². The smallest absolute Gasteiger partial charge is 0.307 e. The summed E-state index contributed by atoms with van der Waals surface area (Å²) in [5, 5.41) is 4.80. The lowest BCUT2D eigenvalue weighted by molar-refractivity contribution is -0.147. The Hall–Kier alpha value is -3.00.